The van der Waals surface area contributed by atoms with Crippen molar-refractivity contribution in [3.63, 3.8) is 0 Å². The van der Waals surface area contributed by atoms with Gasteiger partial charge in [-0.05, 0) is 33.7 Å². The molecule has 1 saturated heterocycles. The third kappa shape index (κ3) is 2.17. The number of thiol groups is 1. The summed E-state index contributed by atoms with van der Waals surface area (Å²) in [4.78, 5) is 17.5. The van der Waals surface area contributed by atoms with Gasteiger partial charge in [-0.2, -0.15) is 12.6 Å². The number of nitrogens with zero attached hydrogens (tertiary/aromatic N) is 2. The monoisotopic (exact) mass is 301 g/mol. The second-order valence-electron chi connectivity index (χ2n) is 3.81. The molecule has 1 fully saturated rings. The van der Waals surface area contributed by atoms with Crippen molar-refractivity contribution >= 4 is 46.0 Å². The zero-order valence-corrected chi connectivity index (χ0v) is 11.0. The Balaban J connectivity index is 2.30. The minimum atomic E-state index is 0.0886. The van der Waals surface area contributed by atoms with E-state index in [0.717, 1.165) is 4.47 Å². The fourth-order valence-corrected chi connectivity index (χ4v) is 2.36. The van der Waals surface area contributed by atoms with Crippen LogP contribution in [0.25, 0.3) is 0 Å². The normalized spacial score (nSPS) is 20.5. The summed E-state index contributed by atoms with van der Waals surface area (Å²) in [5, 5.41) is 0. The van der Waals surface area contributed by atoms with E-state index in [2.05, 4.69) is 33.5 Å². The average Bonchev–Trinajstić information content (AvgIpc) is 2.63. The number of aromatic nitrogens is 1. The van der Waals surface area contributed by atoms with Crippen LogP contribution in [0.4, 0.5) is 11.5 Å². The van der Waals surface area contributed by atoms with E-state index in [9.17, 15) is 4.79 Å². The third-order valence-electron chi connectivity index (χ3n) is 2.62. The molecular weight excluding hydrogens is 290 g/mol. The Labute approximate surface area is 108 Å². The van der Waals surface area contributed by atoms with E-state index in [4.69, 9.17) is 5.73 Å². The Kier molecular flexibility index (Phi) is 3.39. The van der Waals surface area contributed by atoms with E-state index in [1.165, 1.54) is 0 Å². The van der Waals surface area contributed by atoms with Crippen molar-refractivity contribution in [2.24, 2.45) is 5.92 Å². The maximum Gasteiger partial charge on any atom is 0.227 e. The highest BCUT2D eigenvalue weighted by molar-refractivity contribution is 9.10. The van der Waals surface area contributed by atoms with Gasteiger partial charge in [-0.3, -0.25) is 4.79 Å². The summed E-state index contributed by atoms with van der Waals surface area (Å²) in [6.45, 7) is 0.671. The first-order valence-corrected chi connectivity index (χ1v) is 6.36. The van der Waals surface area contributed by atoms with Crippen molar-refractivity contribution < 1.29 is 4.79 Å². The van der Waals surface area contributed by atoms with Crippen LogP contribution < -0.4 is 10.6 Å². The van der Waals surface area contributed by atoms with E-state index in [1.54, 1.807) is 11.1 Å². The van der Waals surface area contributed by atoms with Crippen LogP contribution in [-0.4, -0.2) is 23.2 Å². The second-order valence-corrected chi connectivity index (χ2v) is 5.10. The van der Waals surface area contributed by atoms with Crippen LogP contribution in [0.3, 0.4) is 0 Å². The molecule has 0 aliphatic carbocycles. The topological polar surface area (TPSA) is 59.2 Å². The number of nitrogens with two attached hydrogens (primary N) is 1. The van der Waals surface area contributed by atoms with Gasteiger partial charge in [0.15, 0.2) is 0 Å². The second kappa shape index (κ2) is 4.63. The molecule has 0 saturated carbocycles. The maximum atomic E-state index is 11.8. The van der Waals surface area contributed by atoms with Crippen LogP contribution in [0.2, 0.25) is 0 Å². The average molecular weight is 302 g/mol. The molecule has 1 aliphatic rings. The highest BCUT2D eigenvalue weighted by Gasteiger charge is 2.31. The first kappa shape index (κ1) is 11.7. The predicted molar refractivity (Wildman–Crippen MR) is 70.7 cm³/mol. The van der Waals surface area contributed by atoms with E-state index >= 15 is 0 Å². The van der Waals surface area contributed by atoms with Crippen molar-refractivity contribution in [1.82, 2.24) is 4.98 Å². The lowest BCUT2D eigenvalue weighted by atomic mass is 10.1. The Bertz CT molecular complexity index is 427. The van der Waals surface area contributed by atoms with Crippen molar-refractivity contribution in [2.75, 3.05) is 22.9 Å². The van der Waals surface area contributed by atoms with Gasteiger partial charge in [-0.25, -0.2) is 4.98 Å². The molecule has 1 aromatic heterocycles. The van der Waals surface area contributed by atoms with Gasteiger partial charge >= 0.3 is 0 Å². The van der Waals surface area contributed by atoms with Gasteiger partial charge in [0.1, 0.15) is 5.82 Å². The Morgan fingerprint density at radius 1 is 1.69 bits per heavy atom. The molecule has 4 nitrogen and oxygen atoms in total. The molecule has 0 aromatic carbocycles. The summed E-state index contributed by atoms with van der Waals surface area (Å²) in [5.41, 5.74) is 6.46. The number of hydrogen-bond donors (Lipinski definition) is 2. The van der Waals surface area contributed by atoms with Crippen molar-refractivity contribution in [3.05, 3.63) is 16.7 Å². The molecule has 1 amide bonds. The van der Waals surface area contributed by atoms with Crippen molar-refractivity contribution in [3.8, 4) is 0 Å². The fraction of sp³-hybridized carbons (Fsp3) is 0.400. The number of hydrogen-bond acceptors (Lipinski definition) is 4. The quantitative estimate of drug-likeness (QED) is 0.818. The molecule has 1 aromatic rings. The fourth-order valence-electron chi connectivity index (χ4n) is 1.79. The smallest absolute Gasteiger partial charge is 0.227 e. The van der Waals surface area contributed by atoms with Crippen molar-refractivity contribution in [1.29, 1.82) is 0 Å². The zero-order chi connectivity index (χ0) is 11.7. The number of anilines is 2. The summed E-state index contributed by atoms with van der Waals surface area (Å²) in [5.74, 6) is 1.49. The van der Waals surface area contributed by atoms with Gasteiger partial charge in [0.2, 0.25) is 5.91 Å². The van der Waals surface area contributed by atoms with Crippen LogP contribution in [0.5, 0.6) is 0 Å². The van der Waals surface area contributed by atoms with E-state index in [-0.39, 0.29) is 5.91 Å². The maximum absolute atomic E-state index is 11.8. The Morgan fingerprint density at radius 2 is 2.44 bits per heavy atom. The van der Waals surface area contributed by atoms with Crippen molar-refractivity contribution in [2.45, 2.75) is 6.42 Å². The minimum Gasteiger partial charge on any atom is -0.382 e. The standard InChI is InChI=1S/C10H12BrN3OS/c11-7-2-8(10(12)13-3-7)14-4-6(5-16)1-9(14)15/h2-3,6,16H,1,4-5H2,(H2,12,13). The molecular formula is C10H12BrN3OS. The predicted octanol–water partition coefficient (Wildman–Crippen LogP) is 1.71. The first-order chi connectivity index (χ1) is 7.61. The zero-order valence-electron chi connectivity index (χ0n) is 8.56. The summed E-state index contributed by atoms with van der Waals surface area (Å²) >= 11 is 7.54. The summed E-state index contributed by atoms with van der Waals surface area (Å²) in [7, 11) is 0. The molecule has 0 spiro atoms. The van der Waals surface area contributed by atoms with Crippen LogP contribution in [0.1, 0.15) is 6.42 Å². The lowest BCUT2D eigenvalue weighted by molar-refractivity contribution is -0.117. The van der Waals surface area contributed by atoms with E-state index in [1.807, 2.05) is 6.07 Å². The third-order valence-corrected chi connectivity index (χ3v) is 3.57. The number of pyridine rings is 1. The molecule has 86 valence electrons. The van der Waals surface area contributed by atoms with Gasteiger partial charge in [0.05, 0.1) is 5.69 Å². The molecule has 6 heteroatoms. The van der Waals surface area contributed by atoms with E-state index in [0.29, 0.717) is 36.1 Å². The number of amides is 1. The highest BCUT2D eigenvalue weighted by atomic mass is 79.9. The molecule has 16 heavy (non-hydrogen) atoms. The lowest BCUT2D eigenvalue weighted by Gasteiger charge is -2.18. The summed E-state index contributed by atoms with van der Waals surface area (Å²) in [6.07, 6.45) is 2.16. The van der Waals surface area contributed by atoms with Gasteiger partial charge in [-0.1, -0.05) is 0 Å². The van der Waals surface area contributed by atoms with E-state index < -0.39 is 0 Å². The van der Waals surface area contributed by atoms with Crippen LogP contribution >= 0.6 is 28.6 Å². The number of carbonyl (C=O) groups is 1. The Morgan fingerprint density at radius 3 is 3.06 bits per heavy atom. The summed E-state index contributed by atoms with van der Waals surface area (Å²) < 4.78 is 0.818. The highest BCUT2D eigenvalue weighted by Crippen LogP contribution is 2.30. The number of rotatable bonds is 2. The Hall–Kier alpha value is -0.750. The van der Waals surface area contributed by atoms with Gasteiger partial charge in [0.25, 0.3) is 0 Å². The SMILES string of the molecule is Nc1ncc(Br)cc1N1CC(CS)CC1=O. The van der Waals surface area contributed by atoms with Gasteiger partial charge < -0.3 is 10.6 Å². The molecule has 0 bridgehead atoms. The first-order valence-electron chi connectivity index (χ1n) is 4.94. The molecule has 2 N–H and O–H groups in total. The van der Waals surface area contributed by atoms with Gasteiger partial charge in [-0.15, -0.1) is 0 Å². The molecule has 2 rings (SSSR count). The van der Waals surface area contributed by atoms with Crippen LogP contribution in [0, 0.1) is 5.92 Å². The number of carbonyl (C=O) groups excluding carboxylic acids is 1. The molecule has 1 aliphatic heterocycles. The van der Waals surface area contributed by atoms with Crippen LogP contribution in [0.15, 0.2) is 16.7 Å². The largest absolute Gasteiger partial charge is 0.382 e. The van der Waals surface area contributed by atoms with Crippen LogP contribution in [-0.2, 0) is 4.79 Å². The lowest BCUT2D eigenvalue weighted by Crippen LogP contribution is -2.26. The molecule has 1 unspecified atom stereocenters. The minimum absolute atomic E-state index is 0.0886. The number of halogens is 1. The molecule has 1 atom stereocenters. The summed E-state index contributed by atoms with van der Waals surface area (Å²) in [6, 6.07) is 1.82. The molecule has 2 heterocycles. The number of nitrogen functional groups attached to an aromatic ring is 1. The van der Waals surface area contributed by atoms with Gasteiger partial charge in [0, 0.05) is 23.6 Å². The molecule has 0 radical (unpaired) electrons.